The van der Waals surface area contributed by atoms with Gasteiger partial charge >= 0.3 is 5.97 Å². The minimum absolute atomic E-state index is 0.101. The van der Waals surface area contributed by atoms with Gasteiger partial charge in [0.2, 0.25) is 0 Å². The van der Waals surface area contributed by atoms with Gasteiger partial charge in [-0.15, -0.1) is 0 Å². The highest BCUT2D eigenvalue weighted by atomic mass is 16.4. The van der Waals surface area contributed by atoms with Crippen LogP contribution in [-0.4, -0.2) is 34.0 Å². The summed E-state index contributed by atoms with van der Waals surface area (Å²) in [5.74, 6) is -1.68. The molecule has 0 aliphatic rings. The van der Waals surface area contributed by atoms with Gasteiger partial charge in [0.15, 0.2) is 11.4 Å². The maximum absolute atomic E-state index is 12.2. The Hall–Kier alpha value is -2.63. The van der Waals surface area contributed by atoms with Crippen LogP contribution in [0.3, 0.4) is 0 Å². The number of aromatic carboxylic acids is 1. The minimum Gasteiger partial charge on any atom is -0.477 e. The summed E-state index contributed by atoms with van der Waals surface area (Å²) in [6.45, 7) is 1.95. The summed E-state index contributed by atoms with van der Waals surface area (Å²) in [6, 6.07) is 7.34. The van der Waals surface area contributed by atoms with Crippen LogP contribution in [0.2, 0.25) is 0 Å². The molecule has 1 aromatic carbocycles. The van der Waals surface area contributed by atoms with Gasteiger partial charge in [0, 0.05) is 12.7 Å². The van der Waals surface area contributed by atoms with Gasteiger partial charge < -0.3 is 15.0 Å². The van der Waals surface area contributed by atoms with E-state index in [1.807, 2.05) is 19.1 Å². The van der Waals surface area contributed by atoms with Gasteiger partial charge in [-0.2, -0.15) is 0 Å². The monoisotopic (exact) mass is 259 g/mol. The molecule has 1 amide bonds. The lowest BCUT2D eigenvalue weighted by atomic mass is 10.2. The first-order chi connectivity index (χ1) is 9.00. The van der Waals surface area contributed by atoms with Gasteiger partial charge in [0.25, 0.3) is 5.91 Å². The van der Waals surface area contributed by atoms with Crippen LogP contribution in [0, 0.1) is 6.92 Å². The molecular formula is C13H13N3O3. The summed E-state index contributed by atoms with van der Waals surface area (Å²) < 4.78 is 0. The molecule has 0 radical (unpaired) electrons. The van der Waals surface area contributed by atoms with E-state index in [2.05, 4.69) is 9.97 Å². The molecule has 1 aromatic heterocycles. The van der Waals surface area contributed by atoms with Gasteiger partial charge in [-0.1, -0.05) is 17.7 Å². The number of aromatic amines is 1. The molecule has 1 heterocycles. The van der Waals surface area contributed by atoms with Gasteiger partial charge in [0.1, 0.15) is 0 Å². The van der Waals surface area contributed by atoms with Crippen LogP contribution in [-0.2, 0) is 0 Å². The van der Waals surface area contributed by atoms with E-state index >= 15 is 0 Å². The van der Waals surface area contributed by atoms with Gasteiger partial charge in [-0.25, -0.2) is 9.78 Å². The number of aryl methyl sites for hydroxylation is 1. The predicted octanol–water partition coefficient (Wildman–Crippen LogP) is 1.69. The van der Waals surface area contributed by atoms with Crippen LogP contribution in [0.15, 0.2) is 30.6 Å². The SMILES string of the molecule is Cc1ccc(N(C)C(=O)c2nc[nH]c2C(=O)O)cc1. The summed E-state index contributed by atoms with van der Waals surface area (Å²) in [4.78, 5) is 30.7. The van der Waals surface area contributed by atoms with E-state index in [1.165, 1.54) is 11.2 Å². The number of hydrogen-bond acceptors (Lipinski definition) is 3. The third-order valence-corrected chi connectivity index (χ3v) is 2.78. The van der Waals surface area contributed by atoms with Crippen molar-refractivity contribution < 1.29 is 14.7 Å². The highest BCUT2D eigenvalue weighted by Gasteiger charge is 2.23. The fourth-order valence-electron chi connectivity index (χ4n) is 1.66. The van der Waals surface area contributed by atoms with Crippen molar-refractivity contribution >= 4 is 17.6 Å². The summed E-state index contributed by atoms with van der Waals surface area (Å²) in [5.41, 5.74) is 1.45. The van der Waals surface area contributed by atoms with E-state index in [-0.39, 0.29) is 11.4 Å². The highest BCUT2D eigenvalue weighted by molar-refractivity contribution is 6.09. The van der Waals surface area contributed by atoms with Crippen LogP contribution >= 0.6 is 0 Å². The van der Waals surface area contributed by atoms with E-state index in [9.17, 15) is 9.59 Å². The Morgan fingerprint density at radius 3 is 2.47 bits per heavy atom. The number of H-pyrrole nitrogens is 1. The van der Waals surface area contributed by atoms with E-state index in [0.29, 0.717) is 5.69 Å². The number of anilines is 1. The number of nitrogens with zero attached hydrogens (tertiary/aromatic N) is 2. The van der Waals surface area contributed by atoms with Crippen molar-refractivity contribution in [2.45, 2.75) is 6.92 Å². The fraction of sp³-hybridized carbons (Fsp3) is 0.154. The van der Waals surface area contributed by atoms with Crippen LogP contribution in [0.4, 0.5) is 5.69 Å². The summed E-state index contributed by atoms with van der Waals surface area (Å²) in [6.07, 6.45) is 1.19. The van der Waals surface area contributed by atoms with Gasteiger partial charge in [0.05, 0.1) is 6.33 Å². The smallest absolute Gasteiger partial charge is 0.354 e. The van der Waals surface area contributed by atoms with Crippen LogP contribution in [0.5, 0.6) is 0 Å². The van der Waals surface area contributed by atoms with E-state index in [1.54, 1.807) is 19.2 Å². The Balaban J connectivity index is 2.31. The Morgan fingerprint density at radius 2 is 1.89 bits per heavy atom. The number of carboxylic acid groups (broad SMARTS) is 1. The summed E-state index contributed by atoms with van der Waals surface area (Å²) in [5, 5.41) is 8.95. The number of benzene rings is 1. The molecule has 6 nitrogen and oxygen atoms in total. The summed E-state index contributed by atoms with van der Waals surface area (Å²) in [7, 11) is 1.58. The predicted molar refractivity (Wildman–Crippen MR) is 69.5 cm³/mol. The minimum atomic E-state index is -1.21. The molecule has 6 heteroatoms. The van der Waals surface area contributed by atoms with Crippen LogP contribution in [0.1, 0.15) is 26.5 Å². The third-order valence-electron chi connectivity index (χ3n) is 2.78. The molecule has 19 heavy (non-hydrogen) atoms. The standard InChI is InChI=1S/C13H13N3O3/c1-8-3-5-9(6-4-8)16(2)12(17)10-11(13(18)19)15-7-14-10/h3-7H,1-2H3,(H,14,15)(H,18,19). The molecule has 0 bridgehead atoms. The molecule has 0 spiro atoms. The number of imidazole rings is 1. The number of carbonyl (C=O) groups excluding carboxylic acids is 1. The topological polar surface area (TPSA) is 86.3 Å². The van der Waals surface area contributed by atoms with Crippen molar-refractivity contribution in [3.8, 4) is 0 Å². The Kier molecular flexibility index (Phi) is 3.33. The van der Waals surface area contributed by atoms with E-state index in [0.717, 1.165) is 5.56 Å². The first-order valence-corrected chi connectivity index (χ1v) is 5.62. The number of hydrogen-bond donors (Lipinski definition) is 2. The molecular weight excluding hydrogens is 246 g/mol. The second-order valence-electron chi connectivity index (χ2n) is 4.13. The molecule has 0 atom stereocenters. The van der Waals surface area contributed by atoms with Crippen molar-refractivity contribution in [3.63, 3.8) is 0 Å². The van der Waals surface area contributed by atoms with Crippen LogP contribution < -0.4 is 4.90 Å². The van der Waals surface area contributed by atoms with Gasteiger partial charge in [-0.05, 0) is 19.1 Å². The molecule has 2 N–H and O–H groups in total. The Labute approximate surface area is 109 Å². The first-order valence-electron chi connectivity index (χ1n) is 5.62. The number of carboxylic acids is 1. The normalized spacial score (nSPS) is 10.2. The van der Waals surface area contributed by atoms with Crippen molar-refractivity contribution in [2.75, 3.05) is 11.9 Å². The lowest BCUT2D eigenvalue weighted by molar-refractivity contribution is 0.0686. The lowest BCUT2D eigenvalue weighted by Gasteiger charge is -2.16. The number of nitrogens with one attached hydrogen (secondary N) is 1. The lowest BCUT2D eigenvalue weighted by Crippen LogP contribution is -2.28. The average molecular weight is 259 g/mol. The third kappa shape index (κ3) is 2.47. The summed E-state index contributed by atoms with van der Waals surface area (Å²) >= 11 is 0. The van der Waals surface area contributed by atoms with Crippen molar-refractivity contribution in [2.24, 2.45) is 0 Å². The molecule has 0 saturated heterocycles. The number of carbonyl (C=O) groups is 2. The molecule has 0 unspecified atom stereocenters. The molecule has 0 aliphatic heterocycles. The van der Waals surface area contributed by atoms with Crippen molar-refractivity contribution in [3.05, 3.63) is 47.5 Å². The Bertz CT molecular complexity index is 616. The molecule has 2 aromatic rings. The largest absolute Gasteiger partial charge is 0.477 e. The average Bonchev–Trinajstić information content (AvgIpc) is 2.87. The zero-order valence-electron chi connectivity index (χ0n) is 10.5. The zero-order valence-corrected chi connectivity index (χ0v) is 10.5. The fourth-order valence-corrected chi connectivity index (χ4v) is 1.66. The number of amides is 1. The molecule has 0 saturated carbocycles. The van der Waals surface area contributed by atoms with E-state index < -0.39 is 11.9 Å². The quantitative estimate of drug-likeness (QED) is 0.878. The van der Waals surface area contributed by atoms with Crippen LogP contribution in [0.25, 0.3) is 0 Å². The first kappa shape index (κ1) is 12.8. The molecule has 2 rings (SSSR count). The molecule has 0 fully saturated rings. The second-order valence-corrected chi connectivity index (χ2v) is 4.13. The molecule has 0 aliphatic carbocycles. The maximum Gasteiger partial charge on any atom is 0.354 e. The number of rotatable bonds is 3. The van der Waals surface area contributed by atoms with Gasteiger partial charge in [-0.3, -0.25) is 4.79 Å². The maximum atomic E-state index is 12.2. The zero-order chi connectivity index (χ0) is 14.0. The van der Waals surface area contributed by atoms with Crippen molar-refractivity contribution in [1.82, 2.24) is 9.97 Å². The second kappa shape index (κ2) is 4.93. The Morgan fingerprint density at radius 1 is 1.26 bits per heavy atom. The van der Waals surface area contributed by atoms with Crippen molar-refractivity contribution in [1.29, 1.82) is 0 Å². The molecule has 98 valence electrons. The number of aromatic nitrogens is 2. The van der Waals surface area contributed by atoms with E-state index in [4.69, 9.17) is 5.11 Å². The highest BCUT2D eigenvalue weighted by Crippen LogP contribution is 2.16.